The molecule has 0 amide bonds. The number of hydrogen-bond donors (Lipinski definition) is 1. The number of pyridine rings is 1. The Morgan fingerprint density at radius 2 is 2.05 bits per heavy atom. The lowest BCUT2D eigenvalue weighted by Gasteiger charge is -2.06. The molecule has 1 heterocycles. The maximum absolute atomic E-state index is 13.2. The molecular weight excluding hydrogens is 249 g/mol. The van der Waals surface area contributed by atoms with Crippen LogP contribution in [0.2, 0.25) is 0 Å². The van der Waals surface area contributed by atoms with Gasteiger partial charge in [0.2, 0.25) is 0 Å². The topological polar surface area (TPSA) is 68.1 Å². The van der Waals surface area contributed by atoms with Crippen LogP contribution in [0, 0.1) is 22.9 Å². The summed E-state index contributed by atoms with van der Waals surface area (Å²) in [6.45, 7) is 1.63. The molecule has 0 radical (unpaired) electrons. The minimum Gasteiger partial charge on any atom is -0.373 e. The van der Waals surface area contributed by atoms with Crippen molar-refractivity contribution in [1.82, 2.24) is 4.98 Å². The molecule has 98 valence electrons. The zero-order chi connectivity index (χ0) is 14.0. The number of aromatic nitrogens is 1. The van der Waals surface area contributed by atoms with Crippen LogP contribution in [0.25, 0.3) is 11.3 Å². The highest BCUT2D eigenvalue weighted by molar-refractivity contribution is 5.65. The number of nitro groups is 1. The third kappa shape index (κ3) is 2.67. The standard InChI is InChI=1S/C13H12FN3O2/c1-8-5-9(3-4-11(8)14)12-6-10(17(18)19)7-13(15-2)16-12/h3-7H,1-2H3,(H,15,16). The Balaban J connectivity index is 2.57. The molecular formula is C13H12FN3O2. The predicted octanol–water partition coefficient (Wildman–Crippen LogP) is 3.15. The smallest absolute Gasteiger partial charge is 0.275 e. The van der Waals surface area contributed by atoms with Gasteiger partial charge >= 0.3 is 0 Å². The third-order valence-electron chi connectivity index (χ3n) is 2.73. The number of anilines is 1. The van der Waals surface area contributed by atoms with Crippen molar-refractivity contribution in [2.24, 2.45) is 0 Å². The van der Waals surface area contributed by atoms with Crippen LogP contribution in [0.1, 0.15) is 5.56 Å². The second-order valence-electron chi connectivity index (χ2n) is 4.07. The van der Waals surface area contributed by atoms with Crippen LogP contribution in [0.4, 0.5) is 15.9 Å². The van der Waals surface area contributed by atoms with Crippen molar-refractivity contribution in [3.63, 3.8) is 0 Å². The average molecular weight is 261 g/mol. The van der Waals surface area contributed by atoms with E-state index in [-0.39, 0.29) is 11.5 Å². The van der Waals surface area contributed by atoms with E-state index in [1.165, 1.54) is 18.2 Å². The molecule has 0 saturated heterocycles. The van der Waals surface area contributed by atoms with Gasteiger partial charge in [-0.15, -0.1) is 0 Å². The Kier molecular flexibility index (Phi) is 3.41. The SMILES string of the molecule is CNc1cc([N+](=O)[O-])cc(-c2ccc(F)c(C)c2)n1. The van der Waals surface area contributed by atoms with Gasteiger partial charge in [0, 0.05) is 18.7 Å². The van der Waals surface area contributed by atoms with Gasteiger partial charge in [-0.3, -0.25) is 10.1 Å². The van der Waals surface area contributed by atoms with Gasteiger partial charge in [0.15, 0.2) is 0 Å². The van der Waals surface area contributed by atoms with Crippen molar-refractivity contribution in [2.45, 2.75) is 6.92 Å². The van der Waals surface area contributed by atoms with Crippen molar-refractivity contribution >= 4 is 11.5 Å². The number of nitrogens with one attached hydrogen (secondary N) is 1. The molecule has 6 heteroatoms. The van der Waals surface area contributed by atoms with Gasteiger partial charge in [-0.2, -0.15) is 0 Å². The van der Waals surface area contributed by atoms with E-state index in [1.807, 2.05) is 0 Å². The number of nitrogens with zero attached hydrogens (tertiary/aromatic N) is 2. The van der Waals surface area contributed by atoms with Crippen LogP contribution in [0.5, 0.6) is 0 Å². The molecule has 0 spiro atoms. The van der Waals surface area contributed by atoms with Crippen LogP contribution < -0.4 is 5.32 Å². The van der Waals surface area contributed by atoms with E-state index in [0.717, 1.165) is 0 Å². The van der Waals surface area contributed by atoms with Crippen LogP contribution >= 0.6 is 0 Å². The molecule has 0 bridgehead atoms. The molecule has 0 atom stereocenters. The van der Waals surface area contributed by atoms with Gasteiger partial charge in [0.05, 0.1) is 16.7 Å². The van der Waals surface area contributed by atoms with Crippen molar-refractivity contribution in [3.05, 3.63) is 51.8 Å². The first kappa shape index (κ1) is 12.9. The van der Waals surface area contributed by atoms with E-state index >= 15 is 0 Å². The molecule has 0 fully saturated rings. The Morgan fingerprint density at radius 3 is 2.63 bits per heavy atom. The molecule has 0 aliphatic carbocycles. The molecule has 5 nitrogen and oxygen atoms in total. The summed E-state index contributed by atoms with van der Waals surface area (Å²) in [5.74, 6) is 0.0780. The van der Waals surface area contributed by atoms with E-state index in [1.54, 1.807) is 26.1 Å². The number of halogens is 1. The number of benzene rings is 1. The van der Waals surface area contributed by atoms with Gasteiger partial charge in [-0.25, -0.2) is 9.37 Å². The first-order chi connectivity index (χ1) is 9.01. The monoisotopic (exact) mass is 261 g/mol. The van der Waals surface area contributed by atoms with E-state index in [4.69, 9.17) is 0 Å². The zero-order valence-corrected chi connectivity index (χ0v) is 10.5. The van der Waals surface area contributed by atoms with Crippen LogP contribution in [-0.2, 0) is 0 Å². The Labute approximate surface area is 109 Å². The van der Waals surface area contributed by atoms with Gasteiger partial charge in [-0.05, 0) is 30.7 Å². The highest BCUT2D eigenvalue weighted by Crippen LogP contribution is 2.26. The van der Waals surface area contributed by atoms with Crippen molar-refractivity contribution in [3.8, 4) is 11.3 Å². The summed E-state index contributed by atoms with van der Waals surface area (Å²) >= 11 is 0. The Morgan fingerprint density at radius 1 is 1.32 bits per heavy atom. The minimum absolute atomic E-state index is 0.0590. The van der Waals surface area contributed by atoms with E-state index in [0.29, 0.717) is 22.6 Å². The van der Waals surface area contributed by atoms with Gasteiger partial charge in [-0.1, -0.05) is 0 Å². The van der Waals surface area contributed by atoms with Crippen molar-refractivity contribution in [1.29, 1.82) is 0 Å². The summed E-state index contributed by atoms with van der Waals surface area (Å²) in [6.07, 6.45) is 0. The van der Waals surface area contributed by atoms with Crippen molar-refractivity contribution < 1.29 is 9.31 Å². The highest BCUT2D eigenvalue weighted by atomic mass is 19.1. The lowest BCUT2D eigenvalue weighted by atomic mass is 10.1. The summed E-state index contributed by atoms with van der Waals surface area (Å²) in [5, 5.41) is 13.6. The quantitative estimate of drug-likeness (QED) is 0.680. The fourth-order valence-corrected chi connectivity index (χ4v) is 1.70. The second kappa shape index (κ2) is 5.01. The highest BCUT2D eigenvalue weighted by Gasteiger charge is 2.12. The molecule has 1 aromatic carbocycles. The molecule has 2 rings (SSSR count). The summed E-state index contributed by atoms with van der Waals surface area (Å²) in [7, 11) is 1.63. The predicted molar refractivity (Wildman–Crippen MR) is 70.6 cm³/mol. The van der Waals surface area contributed by atoms with Crippen LogP contribution in [0.15, 0.2) is 30.3 Å². The number of aryl methyl sites for hydroxylation is 1. The first-order valence-corrected chi connectivity index (χ1v) is 5.62. The van der Waals surface area contributed by atoms with E-state index in [2.05, 4.69) is 10.3 Å². The maximum Gasteiger partial charge on any atom is 0.275 e. The fraction of sp³-hybridized carbons (Fsp3) is 0.154. The summed E-state index contributed by atoms with van der Waals surface area (Å²) < 4.78 is 13.2. The molecule has 0 saturated carbocycles. The summed E-state index contributed by atoms with van der Waals surface area (Å²) in [6, 6.07) is 7.20. The fourth-order valence-electron chi connectivity index (χ4n) is 1.70. The van der Waals surface area contributed by atoms with E-state index in [9.17, 15) is 14.5 Å². The molecule has 1 N–H and O–H groups in total. The number of rotatable bonds is 3. The van der Waals surface area contributed by atoms with Crippen LogP contribution in [0.3, 0.4) is 0 Å². The molecule has 0 aliphatic heterocycles. The average Bonchev–Trinajstić information content (AvgIpc) is 2.41. The molecule has 1 aromatic heterocycles. The third-order valence-corrected chi connectivity index (χ3v) is 2.73. The zero-order valence-electron chi connectivity index (χ0n) is 10.5. The molecule has 2 aromatic rings. The summed E-state index contributed by atoms with van der Waals surface area (Å²) in [5.41, 5.74) is 1.48. The normalized spacial score (nSPS) is 10.3. The second-order valence-corrected chi connectivity index (χ2v) is 4.07. The molecule has 0 unspecified atom stereocenters. The van der Waals surface area contributed by atoms with E-state index < -0.39 is 4.92 Å². The van der Waals surface area contributed by atoms with Gasteiger partial charge in [0.25, 0.3) is 5.69 Å². The summed E-state index contributed by atoms with van der Waals surface area (Å²) in [4.78, 5) is 14.6. The van der Waals surface area contributed by atoms with Crippen LogP contribution in [-0.4, -0.2) is 17.0 Å². The molecule has 19 heavy (non-hydrogen) atoms. The molecule has 0 aliphatic rings. The lowest BCUT2D eigenvalue weighted by Crippen LogP contribution is -1.98. The minimum atomic E-state index is -0.484. The van der Waals surface area contributed by atoms with Crippen molar-refractivity contribution in [2.75, 3.05) is 12.4 Å². The lowest BCUT2D eigenvalue weighted by molar-refractivity contribution is -0.384. The van der Waals surface area contributed by atoms with Gasteiger partial charge in [0.1, 0.15) is 11.6 Å². The maximum atomic E-state index is 13.2. The first-order valence-electron chi connectivity index (χ1n) is 5.62. The Bertz CT molecular complexity index is 644. The number of hydrogen-bond acceptors (Lipinski definition) is 4. The van der Waals surface area contributed by atoms with Gasteiger partial charge < -0.3 is 5.32 Å². The Hall–Kier alpha value is -2.50. The largest absolute Gasteiger partial charge is 0.373 e.